The average Bonchev–Trinajstić information content (AvgIpc) is 3.30. The van der Waals surface area contributed by atoms with E-state index in [1.165, 1.54) is 44.9 Å². The van der Waals surface area contributed by atoms with Crippen LogP contribution < -0.4 is 14.8 Å². The first-order chi connectivity index (χ1) is 31.8. The molecule has 1 aromatic carbocycles. The van der Waals surface area contributed by atoms with Gasteiger partial charge in [0.05, 0.1) is 44.7 Å². The zero-order valence-corrected chi connectivity index (χ0v) is 39.6. The molecule has 3 aliphatic rings. The lowest BCUT2D eigenvalue weighted by molar-refractivity contribution is -0.256. The van der Waals surface area contributed by atoms with Crippen molar-refractivity contribution < 1.29 is 53.4 Å². The van der Waals surface area contributed by atoms with Gasteiger partial charge in [-0.1, -0.05) is 101 Å². The van der Waals surface area contributed by atoms with Crippen molar-refractivity contribution in [2.75, 3.05) is 65.9 Å². The minimum Gasteiger partial charge on any atom is -0.459 e. The molecule has 1 aromatic rings. The summed E-state index contributed by atoms with van der Waals surface area (Å²) in [4.78, 5) is 35.0. The number of unbranched alkanes of at least 4 members (excludes halogenated alkanes) is 11. The second kappa shape index (κ2) is 30.4. The van der Waals surface area contributed by atoms with Crippen molar-refractivity contribution in [1.82, 2.24) is 10.2 Å². The predicted octanol–water partition coefficient (Wildman–Crippen LogP) is 9.37. The van der Waals surface area contributed by atoms with E-state index in [1.54, 1.807) is 23.1 Å². The molecule has 14 nitrogen and oxygen atoms in total. The molecule has 1 heterocycles. The Hall–Kier alpha value is -3.95. The van der Waals surface area contributed by atoms with Gasteiger partial charge in [0.15, 0.2) is 0 Å². The minimum atomic E-state index is -1.50. The Bertz CT molecular complexity index is 1640. The summed E-state index contributed by atoms with van der Waals surface area (Å²) in [6, 6.07) is 4.63. The molecule has 1 fully saturated rings. The Morgan fingerprint density at radius 2 is 1.62 bits per heavy atom. The standard InChI is InChI=1S/C51H81N3O11/c1-5-9-11-12-13-14-15-16-17-20-27-52-49(58)64-40-25-26-45-43(37-40)47-41(24-19-22-30-56)39(23-18-21-29-55)36-42-44(53-63-8-4)38-46(51(65-45,48(42)47)62-32-7-3)54(28-34-60-35-31-57)50(59)61-33-10-6-2/h6-7,25-26,36-37,39,41,46-48,55-57H,2-3,5,8-24,27-35,38H2,1,4H3,(H,52,58)/t39-,41+,46-,47+,48+,51+/m0/s1. The number of carbonyl (C=O) groups is 2. The Morgan fingerprint density at radius 1 is 0.892 bits per heavy atom. The van der Waals surface area contributed by atoms with Crippen molar-refractivity contribution in [3.05, 3.63) is 60.7 Å². The Morgan fingerprint density at radius 3 is 2.29 bits per heavy atom. The molecule has 4 N–H and O–H groups in total. The third-order valence-corrected chi connectivity index (χ3v) is 12.8. The fraction of sp³-hybridized carbons (Fsp3) is 0.706. The molecule has 0 unspecified atom stereocenters. The largest absolute Gasteiger partial charge is 0.459 e. The Labute approximate surface area is 388 Å². The highest BCUT2D eigenvalue weighted by Gasteiger charge is 2.65. The number of nitrogens with one attached hydrogen (secondary N) is 1. The fourth-order valence-corrected chi connectivity index (χ4v) is 9.82. The molecule has 0 aromatic heterocycles. The summed E-state index contributed by atoms with van der Waals surface area (Å²) in [5, 5.41) is 37.0. The van der Waals surface area contributed by atoms with Crippen molar-refractivity contribution in [2.24, 2.45) is 22.9 Å². The van der Waals surface area contributed by atoms with Crippen molar-refractivity contribution in [3.63, 3.8) is 0 Å². The molecule has 2 aliphatic carbocycles. The van der Waals surface area contributed by atoms with Crippen LogP contribution in [0.2, 0.25) is 0 Å². The number of oxime groups is 1. The van der Waals surface area contributed by atoms with Crippen LogP contribution in [0.4, 0.5) is 9.59 Å². The van der Waals surface area contributed by atoms with Gasteiger partial charge in [-0.3, -0.25) is 4.90 Å². The summed E-state index contributed by atoms with van der Waals surface area (Å²) >= 11 is 0. The van der Waals surface area contributed by atoms with E-state index >= 15 is 0 Å². The number of aliphatic hydroxyl groups excluding tert-OH is 3. The first-order valence-electron chi connectivity index (χ1n) is 24.7. The van der Waals surface area contributed by atoms with E-state index in [4.69, 9.17) is 33.7 Å². The lowest BCUT2D eigenvalue weighted by atomic mass is 9.55. The van der Waals surface area contributed by atoms with Gasteiger partial charge >= 0.3 is 12.2 Å². The van der Waals surface area contributed by atoms with Crippen molar-refractivity contribution in [2.45, 2.75) is 147 Å². The molecule has 4 rings (SSSR count). The number of benzene rings is 1. The van der Waals surface area contributed by atoms with E-state index in [9.17, 15) is 24.9 Å². The number of amides is 2. The lowest BCUT2D eigenvalue weighted by Gasteiger charge is -2.59. The summed E-state index contributed by atoms with van der Waals surface area (Å²) in [5.41, 5.74) is 2.37. The third-order valence-electron chi connectivity index (χ3n) is 12.8. The van der Waals surface area contributed by atoms with Crippen molar-refractivity contribution >= 4 is 17.9 Å². The number of allylic oxidation sites excluding steroid dienone is 1. The third kappa shape index (κ3) is 15.8. The highest BCUT2D eigenvalue weighted by molar-refractivity contribution is 6.03. The molecule has 14 heteroatoms. The summed E-state index contributed by atoms with van der Waals surface area (Å²) < 4.78 is 31.8. The molecule has 65 heavy (non-hydrogen) atoms. The number of hydrogen-bond donors (Lipinski definition) is 4. The number of rotatable bonds is 34. The molecular weight excluding hydrogens is 831 g/mol. The molecule has 1 saturated carbocycles. The molecule has 2 amide bonds. The monoisotopic (exact) mass is 912 g/mol. The smallest absolute Gasteiger partial charge is 0.412 e. The maximum absolute atomic E-state index is 14.3. The molecule has 1 aliphatic heterocycles. The summed E-state index contributed by atoms with van der Waals surface area (Å²) in [6.07, 6.45) is 21.6. The van der Waals surface area contributed by atoms with E-state index < -0.39 is 29.9 Å². The number of ether oxygens (including phenoxy) is 5. The van der Waals surface area contributed by atoms with E-state index in [2.05, 4.69) is 31.5 Å². The van der Waals surface area contributed by atoms with Crippen LogP contribution in [0.15, 0.2) is 60.3 Å². The van der Waals surface area contributed by atoms with Crippen LogP contribution in [-0.2, 0) is 19.0 Å². The zero-order chi connectivity index (χ0) is 46.7. The van der Waals surface area contributed by atoms with E-state index in [-0.39, 0.29) is 77.0 Å². The second-order valence-corrected chi connectivity index (χ2v) is 17.4. The van der Waals surface area contributed by atoms with Crippen LogP contribution in [0.1, 0.15) is 141 Å². The van der Waals surface area contributed by atoms with Gasteiger partial charge in [0.2, 0.25) is 5.79 Å². The number of nitrogens with zero attached hydrogens (tertiary/aromatic N) is 2. The SMILES string of the molecule is C=CCCOC(=O)N(CCOCCO)[C@H]1CC(=NOCC)C2=C[C@H](CCCCO)[C@@H](CCCCO)[C@@H]3c4cc(OC(=O)NCCCCCCCCCCCC)ccc4O[C@@]1(OCC=C)[C@H]23. The minimum absolute atomic E-state index is 0.0169. The van der Waals surface area contributed by atoms with Crippen LogP contribution in [0, 0.1) is 17.8 Å². The van der Waals surface area contributed by atoms with Crippen LogP contribution >= 0.6 is 0 Å². The van der Waals surface area contributed by atoms with Crippen molar-refractivity contribution in [3.8, 4) is 11.5 Å². The Kier molecular flexibility index (Phi) is 25.1. The maximum atomic E-state index is 14.3. The predicted molar refractivity (Wildman–Crippen MR) is 253 cm³/mol. The molecular formula is C51H81N3O11. The normalized spacial score (nSPS) is 22.5. The second-order valence-electron chi connectivity index (χ2n) is 17.4. The van der Waals surface area contributed by atoms with Crippen LogP contribution in [0.25, 0.3) is 0 Å². The quantitative estimate of drug-likeness (QED) is 0.0294. The summed E-state index contributed by atoms with van der Waals surface area (Å²) in [7, 11) is 0. The molecule has 6 atom stereocenters. The first kappa shape index (κ1) is 53.7. The molecule has 366 valence electrons. The van der Waals surface area contributed by atoms with Crippen LogP contribution in [0.3, 0.4) is 0 Å². The topological polar surface area (TPSA) is 178 Å². The average molecular weight is 912 g/mol. The number of hydrogen-bond acceptors (Lipinski definition) is 12. The number of fused-ring (bicyclic) bond motifs is 2. The van der Waals surface area contributed by atoms with Gasteiger partial charge in [0, 0.05) is 44.2 Å². The van der Waals surface area contributed by atoms with Gasteiger partial charge in [-0.15, -0.1) is 13.2 Å². The van der Waals surface area contributed by atoms with Gasteiger partial charge in [-0.25, -0.2) is 9.59 Å². The number of aliphatic hydroxyl groups is 3. The van der Waals surface area contributed by atoms with E-state index in [0.29, 0.717) is 49.6 Å². The Balaban J connectivity index is 1.78. The molecule has 0 radical (unpaired) electrons. The highest BCUT2D eigenvalue weighted by atomic mass is 16.7. The summed E-state index contributed by atoms with van der Waals surface area (Å²) in [6.45, 7) is 13.2. The van der Waals surface area contributed by atoms with Gasteiger partial charge in [0.25, 0.3) is 0 Å². The molecule has 0 spiro atoms. The zero-order valence-electron chi connectivity index (χ0n) is 39.6. The fourth-order valence-electron chi connectivity index (χ4n) is 9.82. The van der Waals surface area contributed by atoms with E-state index in [0.717, 1.165) is 56.1 Å². The van der Waals surface area contributed by atoms with Gasteiger partial charge < -0.3 is 49.2 Å². The summed E-state index contributed by atoms with van der Waals surface area (Å²) in [5.74, 6) is -1.44. The van der Waals surface area contributed by atoms with Gasteiger partial charge in [0.1, 0.15) is 24.1 Å². The van der Waals surface area contributed by atoms with Crippen molar-refractivity contribution in [1.29, 1.82) is 0 Å². The van der Waals surface area contributed by atoms with Crippen LogP contribution in [0.5, 0.6) is 11.5 Å². The number of carbonyl (C=O) groups excluding carboxylic acids is 2. The van der Waals surface area contributed by atoms with E-state index in [1.807, 2.05) is 19.1 Å². The maximum Gasteiger partial charge on any atom is 0.412 e. The molecule has 0 saturated heterocycles. The first-order valence-corrected chi connectivity index (χ1v) is 24.7. The molecule has 0 bridgehead atoms. The lowest BCUT2D eigenvalue weighted by Crippen LogP contribution is -2.70. The highest BCUT2D eigenvalue weighted by Crippen LogP contribution is 2.62. The van der Waals surface area contributed by atoms with Gasteiger partial charge in [-0.2, -0.15) is 0 Å². The van der Waals surface area contributed by atoms with Crippen LogP contribution in [-0.4, -0.2) is 116 Å². The van der Waals surface area contributed by atoms with Gasteiger partial charge in [-0.05, 0) is 81.1 Å².